The van der Waals surface area contributed by atoms with Gasteiger partial charge in [0.15, 0.2) is 5.69 Å². The molecule has 9 nitrogen and oxygen atoms in total. The van der Waals surface area contributed by atoms with Gasteiger partial charge in [-0.25, -0.2) is 0 Å². The van der Waals surface area contributed by atoms with E-state index in [0.717, 1.165) is 69.2 Å². The first-order valence-corrected chi connectivity index (χ1v) is 16.7. The summed E-state index contributed by atoms with van der Waals surface area (Å²) in [7, 11) is 1.67. The average Bonchev–Trinajstić information content (AvgIpc) is 3.52. The number of methoxy groups -OCH3 is 1. The third-order valence-electron chi connectivity index (χ3n) is 9.36. The van der Waals surface area contributed by atoms with E-state index in [1.807, 2.05) is 48.2 Å². The molecule has 242 valence electrons. The Hall–Kier alpha value is -3.69. The number of aliphatic hydroxyl groups excluding tert-OH is 1. The number of nitrogens with one attached hydrogen (secondary N) is 2. The summed E-state index contributed by atoms with van der Waals surface area (Å²) in [5.74, 6) is 0.367. The second-order valence-electron chi connectivity index (χ2n) is 12.4. The maximum atomic E-state index is 13.7. The normalized spacial score (nSPS) is 19.4. The number of benzene rings is 2. The summed E-state index contributed by atoms with van der Waals surface area (Å²) in [6.07, 6.45) is 7.80. The van der Waals surface area contributed by atoms with Crippen molar-refractivity contribution in [3.8, 4) is 5.75 Å². The van der Waals surface area contributed by atoms with Crippen molar-refractivity contribution in [3.63, 3.8) is 0 Å². The summed E-state index contributed by atoms with van der Waals surface area (Å²) >= 11 is 0. The molecule has 3 N–H and O–H groups in total. The Balaban J connectivity index is 1.31. The number of carbonyl (C=O) groups is 2. The largest absolute Gasteiger partial charge is 0.497 e. The Morgan fingerprint density at radius 1 is 1.07 bits per heavy atom. The van der Waals surface area contributed by atoms with Gasteiger partial charge in [0.05, 0.1) is 19.3 Å². The van der Waals surface area contributed by atoms with Crippen molar-refractivity contribution >= 4 is 11.8 Å². The van der Waals surface area contributed by atoms with E-state index in [-0.39, 0.29) is 23.7 Å². The van der Waals surface area contributed by atoms with Crippen LogP contribution in [0, 0.1) is 0 Å². The molecule has 3 aromatic rings. The fourth-order valence-corrected chi connectivity index (χ4v) is 6.90. The van der Waals surface area contributed by atoms with Gasteiger partial charge in [0.2, 0.25) is 0 Å². The van der Waals surface area contributed by atoms with Crippen LogP contribution in [0.15, 0.2) is 54.6 Å². The number of hydrogen-bond acceptors (Lipinski definition) is 6. The lowest BCUT2D eigenvalue weighted by atomic mass is 9.87. The lowest BCUT2D eigenvalue weighted by Gasteiger charge is -2.35. The minimum Gasteiger partial charge on any atom is -0.497 e. The van der Waals surface area contributed by atoms with Crippen LogP contribution >= 0.6 is 0 Å². The molecule has 1 aromatic heterocycles. The van der Waals surface area contributed by atoms with E-state index in [4.69, 9.17) is 4.74 Å². The molecule has 2 heterocycles. The predicted octanol–water partition coefficient (Wildman–Crippen LogP) is 5.08. The van der Waals surface area contributed by atoms with E-state index >= 15 is 0 Å². The first-order valence-electron chi connectivity index (χ1n) is 16.7. The lowest BCUT2D eigenvalue weighted by Crippen LogP contribution is -2.49. The van der Waals surface area contributed by atoms with Crippen LogP contribution in [-0.2, 0) is 19.4 Å². The van der Waals surface area contributed by atoms with Crippen molar-refractivity contribution in [1.29, 1.82) is 0 Å². The minimum absolute atomic E-state index is 0.0592. The smallest absolute Gasteiger partial charge is 0.272 e. The molecule has 0 radical (unpaired) electrons. The van der Waals surface area contributed by atoms with Crippen molar-refractivity contribution < 1.29 is 19.4 Å². The fourth-order valence-electron chi connectivity index (χ4n) is 6.90. The van der Waals surface area contributed by atoms with E-state index in [1.54, 1.807) is 17.9 Å². The fraction of sp³-hybridized carbons (Fsp3) is 0.528. The van der Waals surface area contributed by atoms with E-state index in [1.165, 1.54) is 11.1 Å². The second-order valence-corrected chi connectivity index (χ2v) is 12.4. The molecule has 2 aliphatic rings. The van der Waals surface area contributed by atoms with Gasteiger partial charge in [-0.2, -0.15) is 5.10 Å². The molecule has 0 spiro atoms. The molecular formula is C36H49N5O4. The lowest BCUT2D eigenvalue weighted by molar-refractivity contribution is 0.0588. The van der Waals surface area contributed by atoms with Gasteiger partial charge >= 0.3 is 0 Å². The Morgan fingerprint density at radius 3 is 2.64 bits per heavy atom. The molecule has 1 aliphatic carbocycles. The number of hydrogen-bond donors (Lipinski definition) is 3. The van der Waals surface area contributed by atoms with Gasteiger partial charge in [0.25, 0.3) is 11.8 Å². The molecule has 2 amide bonds. The van der Waals surface area contributed by atoms with Crippen LogP contribution in [0.2, 0.25) is 0 Å². The summed E-state index contributed by atoms with van der Waals surface area (Å²) < 4.78 is 7.10. The zero-order valence-corrected chi connectivity index (χ0v) is 27.0. The summed E-state index contributed by atoms with van der Waals surface area (Å²) in [6, 6.07) is 17.4. The molecule has 1 fully saturated rings. The molecule has 0 saturated carbocycles. The van der Waals surface area contributed by atoms with Crippen LogP contribution in [-0.4, -0.2) is 70.0 Å². The molecule has 1 saturated heterocycles. The zero-order chi connectivity index (χ0) is 31.8. The molecule has 4 atom stereocenters. The van der Waals surface area contributed by atoms with Gasteiger partial charge in [-0.1, -0.05) is 49.7 Å². The van der Waals surface area contributed by atoms with E-state index < -0.39 is 18.1 Å². The third kappa shape index (κ3) is 7.94. The molecule has 1 unspecified atom stereocenters. The standard InChI is InChI=1S/C36H49N5O4/c1-4-12-27-16-9-10-20-40(27)36(44)33-23-32(39-41(33)5-2)35(43)38-31(21-25-13-7-6-8-14-25)34(42)24-37-30-17-11-15-26-18-19-28(45-3)22-29(26)30/h6-8,13-14,18-19,22-23,27,30-31,34,37,42H,4-5,9-12,15-17,20-21,24H2,1-3H3,(H,38,43)/t27?,30-,31+,34+/m1/s1. The molecule has 2 aromatic carbocycles. The van der Waals surface area contributed by atoms with Crippen molar-refractivity contribution in [3.05, 3.63) is 82.7 Å². The molecular weight excluding hydrogens is 566 g/mol. The number of likely N-dealkylation sites (tertiary alicyclic amines) is 1. The summed E-state index contributed by atoms with van der Waals surface area (Å²) in [5, 5.41) is 22.7. The number of amides is 2. The van der Waals surface area contributed by atoms with Crippen LogP contribution in [0.4, 0.5) is 0 Å². The van der Waals surface area contributed by atoms with Crippen LogP contribution in [0.1, 0.15) is 103 Å². The number of carbonyl (C=O) groups excluding carboxylic acids is 2. The summed E-state index contributed by atoms with van der Waals surface area (Å²) in [4.78, 5) is 29.4. The topological polar surface area (TPSA) is 109 Å². The first kappa shape index (κ1) is 32.7. The summed E-state index contributed by atoms with van der Waals surface area (Å²) in [5.41, 5.74) is 4.14. The van der Waals surface area contributed by atoms with E-state index in [0.29, 0.717) is 25.2 Å². The molecule has 5 rings (SSSR count). The highest BCUT2D eigenvalue weighted by Gasteiger charge is 2.31. The highest BCUT2D eigenvalue weighted by Crippen LogP contribution is 2.32. The van der Waals surface area contributed by atoms with Crippen molar-refractivity contribution in [2.75, 3.05) is 20.2 Å². The van der Waals surface area contributed by atoms with Gasteiger partial charge < -0.3 is 25.4 Å². The van der Waals surface area contributed by atoms with Gasteiger partial charge in [0.1, 0.15) is 11.4 Å². The second kappa shape index (κ2) is 15.5. The number of aryl methyl sites for hydroxylation is 2. The molecule has 0 bridgehead atoms. The Labute approximate surface area is 267 Å². The number of ether oxygens (including phenoxy) is 1. The number of piperidine rings is 1. The minimum atomic E-state index is -0.859. The molecule has 9 heteroatoms. The molecule has 45 heavy (non-hydrogen) atoms. The Morgan fingerprint density at radius 2 is 1.89 bits per heavy atom. The van der Waals surface area contributed by atoms with Crippen LogP contribution < -0.4 is 15.4 Å². The maximum Gasteiger partial charge on any atom is 0.272 e. The van der Waals surface area contributed by atoms with Crippen molar-refractivity contribution in [1.82, 2.24) is 25.3 Å². The number of nitrogens with zero attached hydrogens (tertiary/aromatic N) is 3. The average molecular weight is 616 g/mol. The SMILES string of the molecule is CCCC1CCCCN1C(=O)c1cc(C(=O)N[C@@H](Cc2ccccc2)[C@@H](O)CN[C@@H]2CCCc3ccc(OC)cc32)nn1CC. The zero-order valence-electron chi connectivity index (χ0n) is 27.0. The quantitative estimate of drug-likeness (QED) is 0.248. The highest BCUT2D eigenvalue weighted by molar-refractivity contribution is 5.98. The van der Waals surface area contributed by atoms with Crippen LogP contribution in [0.5, 0.6) is 5.75 Å². The van der Waals surface area contributed by atoms with Crippen LogP contribution in [0.3, 0.4) is 0 Å². The van der Waals surface area contributed by atoms with Crippen molar-refractivity contribution in [2.45, 2.75) is 102 Å². The predicted molar refractivity (Wildman–Crippen MR) is 176 cm³/mol. The van der Waals surface area contributed by atoms with E-state index in [9.17, 15) is 14.7 Å². The van der Waals surface area contributed by atoms with Gasteiger partial charge in [-0.3, -0.25) is 14.3 Å². The highest BCUT2D eigenvalue weighted by atomic mass is 16.5. The maximum absolute atomic E-state index is 13.7. The van der Waals surface area contributed by atoms with E-state index in [2.05, 4.69) is 34.8 Å². The van der Waals surface area contributed by atoms with Gasteiger partial charge in [0, 0.05) is 37.8 Å². The number of fused-ring (bicyclic) bond motifs is 1. The van der Waals surface area contributed by atoms with Gasteiger partial charge in [-0.15, -0.1) is 0 Å². The Bertz CT molecular complexity index is 1420. The molecule has 1 aliphatic heterocycles. The van der Waals surface area contributed by atoms with Crippen molar-refractivity contribution in [2.24, 2.45) is 0 Å². The Kier molecular flexibility index (Phi) is 11.3. The number of aromatic nitrogens is 2. The third-order valence-corrected chi connectivity index (χ3v) is 9.36. The summed E-state index contributed by atoms with van der Waals surface area (Å²) in [6.45, 7) is 5.60. The monoisotopic (exact) mass is 615 g/mol. The van der Waals surface area contributed by atoms with Crippen LogP contribution in [0.25, 0.3) is 0 Å². The number of aliphatic hydroxyl groups is 1. The number of rotatable bonds is 13. The van der Waals surface area contributed by atoms with Gasteiger partial charge in [-0.05, 0) is 87.1 Å². The first-order chi connectivity index (χ1) is 21.9.